The van der Waals surface area contributed by atoms with Gasteiger partial charge in [-0.2, -0.15) is 4.21 Å². The Kier molecular flexibility index (Phi) is 10.1. The van der Waals surface area contributed by atoms with Crippen molar-refractivity contribution in [1.82, 2.24) is 9.62 Å². The van der Waals surface area contributed by atoms with Gasteiger partial charge >= 0.3 is 11.3 Å². The molecule has 1 fully saturated rings. The van der Waals surface area contributed by atoms with Crippen LogP contribution in [0.5, 0.6) is 5.75 Å². The van der Waals surface area contributed by atoms with Gasteiger partial charge in [-0.3, -0.25) is 18.3 Å². The number of amidine groups is 1. The van der Waals surface area contributed by atoms with Gasteiger partial charge in [-0.25, -0.2) is 0 Å². The van der Waals surface area contributed by atoms with E-state index in [0.717, 1.165) is 84.5 Å². The van der Waals surface area contributed by atoms with Crippen LogP contribution in [0.25, 0.3) is 11.1 Å². The van der Waals surface area contributed by atoms with Gasteiger partial charge in [0.1, 0.15) is 11.9 Å². The summed E-state index contributed by atoms with van der Waals surface area (Å²) < 4.78 is 38.1. The normalized spacial score (nSPS) is 20.2. The number of benzene rings is 3. The third-order valence-corrected chi connectivity index (χ3v) is 8.86. The number of aryl methyl sites for hydroxylation is 1. The van der Waals surface area contributed by atoms with Crippen molar-refractivity contribution in [2.75, 3.05) is 26.3 Å². The number of allylic oxidation sites excluding steroid dienone is 1. The monoisotopic (exact) mass is 649 g/mol. The fourth-order valence-corrected chi connectivity index (χ4v) is 6.85. The standard InChI is InChI=1S/C31H30Cl2FN3O3S.ClH/c32-23-8-12-27(29(33)18-23)28-4-1-3-21-17-22(31-35-40-41(38)36-31)7-11-26(21)30(28)20-5-9-24(10-6-20)39-25-13-16-37(19-25)15-2-14-34;/h5-12,17-18,25H,1-4,13-16,19H2,(H,35,36);1H/t25-,41?;/m0./s1. The zero-order valence-electron chi connectivity index (χ0n) is 22.8. The molecule has 1 aliphatic carbocycles. The summed E-state index contributed by atoms with van der Waals surface area (Å²) in [5, 5.41) is 5.14. The van der Waals surface area contributed by atoms with Crippen molar-refractivity contribution in [2.24, 2.45) is 5.16 Å². The largest absolute Gasteiger partial charge is 0.489 e. The van der Waals surface area contributed by atoms with Crippen molar-refractivity contribution in [3.8, 4) is 5.75 Å². The Labute approximate surface area is 264 Å². The van der Waals surface area contributed by atoms with Gasteiger partial charge in [-0.15, -0.1) is 12.4 Å². The van der Waals surface area contributed by atoms with E-state index in [2.05, 4.69) is 39.0 Å². The Bertz CT molecular complexity index is 1530. The maximum atomic E-state index is 12.6. The van der Waals surface area contributed by atoms with E-state index in [4.69, 9.17) is 32.2 Å². The average molecular weight is 651 g/mol. The highest BCUT2D eigenvalue weighted by Crippen LogP contribution is 2.43. The first-order chi connectivity index (χ1) is 20.0. The first kappa shape index (κ1) is 30.8. The molecule has 0 amide bonds. The lowest BCUT2D eigenvalue weighted by atomic mass is 9.87. The Hall–Kier alpha value is -2.62. The van der Waals surface area contributed by atoms with Crippen LogP contribution < -0.4 is 9.46 Å². The minimum atomic E-state index is -1.66. The minimum absolute atomic E-state index is 0. The minimum Gasteiger partial charge on any atom is -0.489 e. The number of hydrogen-bond acceptors (Lipinski definition) is 5. The van der Waals surface area contributed by atoms with Gasteiger partial charge in [0.2, 0.25) is 0 Å². The number of halogens is 4. The van der Waals surface area contributed by atoms with Crippen LogP contribution in [0, 0.1) is 0 Å². The molecule has 11 heteroatoms. The van der Waals surface area contributed by atoms with Crippen molar-refractivity contribution in [3.63, 3.8) is 0 Å². The van der Waals surface area contributed by atoms with Crippen molar-refractivity contribution < 1.29 is 17.6 Å². The van der Waals surface area contributed by atoms with Crippen LogP contribution in [0.3, 0.4) is 0 Å². The number of nitrogens with zero attached hydrogens (tertiary/aromatic N) is 2. The Morgan fingerprint density at radius 1 is 1.05 bits per heavy atom. The number of rotatable bonds is 8. The molecule has 2 atom stereocenters. The van der Waals surface area contributed by atoms with E-state index in [9.17, 15) is 8.60 Å². The lowest BCUT2D eigenvalue weighted by molar-refractivity contribution is 0.198. The fraction of sp³-hybridized carbons (Fsp3) is 0.323. The topological polar surface area (TPSA) is 63.2 Å². The van der Waals surface area contributed by atoms with Crippen molar-refractivity contribution in [3.05, 3.63) is 98.5 Å². The molecule has 3 aromatic carbocycles. The molecule has 0 spiro atoms. The maximum absolute atomic E-state index is 12.6. The highest BCUT2D eigenvalue weighted by molar-refractivity contribution is 7.79. The summed E-state index contributed by atoms with van der Waals surface area (Å²) in [6.45, 7) is 2.24. The van der Waals surface area contributed by atoms with Crippen LogP contribution in [0.4, 0.5) is 4.39 Å². The van der Waals surface area contributed by atoms with E-state index in [1.807, 2.05) is 30.3 Å². The molecule has 0 bridgehead atoms. The van der Waals surface area contributed by atoms with Gasteiger partial charge in [0.15, 0.2) is 5.84 Å². The van der Waals surface area contributed by atoms with Gasteiger partial charge in [0.25, 0.3) is 0 Å². The summed E-state index contributed by atoms with van der Waals surface area (Å²) in [5.74, 6) is 1.28. The Balaban J connectivity index is 0.00000353. The van der Waals surface area contributed by atoms with Crippen LogP contribution in [0.2, 0.25) is 10.0 Å². The fourth-order valence-electron chi connectivity index (χ4n) is 5.84. The van der Waals surface area contributed by atoms with Crippen LogP contribution in [0.1, 0.15) is 53.5 Å². The number of alkyl halides is 1. The summed E-state index contributed by atoms with van der Waals surface area (Å²) in [6, 6.07) is 20.1. The summed E-state index contributed by atoms with van der Waals surface area (Å²) in [6.07, 6.45) is 4.23. The molecule has 0 radical (unpaired) electrons. The zero-order chi connectivity index (χ0) is 28.3. The number of oxime groups is 1. The lowest BCUT2D eigenvalue weighted by Gasteiger charge is -2.19. The molecule has 0 aromatic heterocycles. The molecule has 6 rings (SSSR count). The molecule has 2 aliphatic heterocycles. The molecule has 6 nitrogen and oxygen atoms in total. The Morgan fingerprint density at radius 2 is 1.83 bits per heavy atom. The SMILES string of the molecule is Cl.O=S1NC(c2ccc3c(c2)CCCC(c2ccc(Cl)cc2Cl)=C3c2ccc(O[C@H]3CCN(CCCF)C3)cc2)=NO1. The average Bonchev–Trinajstić information content (AvgIpc) is 3.56. The maximum Gasteiger partial charge on any atom is 0.338 e. The van der Waals surface area contributed by atoms with E-state index in [-0.39, 0.29) is 25.2 Å². The summed E-state index contributed by atoms with van der Waals surface area (Å²) in [5.41, 5.74) is 7.40. The molecular formula is C31H31Cl3FN3O3S. The van der Waals surface area contributed by atoms with E-state index < -0.39 is 11.3 Å². The molecule has 3 aromatic rings. The first-order valence-electron chi connectivity index (χ1n) is 13.8. The third-order valence-electron chi connectivity index (χ3n) is 7.74. The van der Waals surface area contributed by atoms with E-state index in [0.29, 0.717) is 22.3 Å². The second kappa shape index (κ2) is 13.8. The second-order valence-electron chi connectivity index (χ2n) is 10.5. The van der Waals surface area contributed by atoms with Crippen LogP contribution in [-0.4, -0.2) is 47.4 Å². The molecular weight excluding hydrogens is 620 g/mol. The molecule has 0 saturated carbocycles. The lowest BCUT2D eigenvalue weighted by Crippen LogP contribution is -2.26. The van der Waals surface area contributed by atoms with Gasteiger partial charge < -0.3 is 4.74 Å². The highest BCUT2D eigenvalue weighted by Gasteiger charge is 2.26. The molecule has 1 saturated heterocycles. The quantitative estimate of drug-likeness (QED) is 0.276. The van der Waals surface area contributed by atoms with Crippen LogP contribution in [0.15, 0.2) is 65.8 Å². The Morgan fingerprint density at radius 3 is 2.57 bits per heavy atom. The van der Waals surface area contributed by atoms with Crippen LogP contribution in [-0.2, 0) is 22.0 Å². The third kappa shape index (κ3) is 6.79. The van der Waals surface area contributed by atoms with Gasteiger partial charge in [0, 0.05) is 35.2 Å². The summed E-state index contributed by atoms with van der Waals surface area (Å²) in [7, 11) is 0. The second-order valence-corrected chi connectivity index (χ2v) is 12.1. The predicted octanol–water partition coefficient (Wildman–Crippen LogP) is 7.38. The molecule has 1 N–H and O–H groups in total. The number of fused-ring (bicyclic) bond motifs is 1. The molecule has 1 unspecified atom stereocenters. The first-order valence-corrected chi connectivity index (χ1v) is 15.6. The number of ether oxygens (including phenoxy) is 1. The van der Waals surface area contributed by atoms with E-state index in [1.165, 1.54) is 5.56 Å². The van der Waals surface area contributed by atoms with Crippen molar-refractivity contribution in [1.29, 1.82) is 0 Å². The van der Waals surface area contributed by atoms with Gasteiger partial charge in [-0.05, 0) is 101 Å². The van der Waals surface area contributed by atoms with Crippen molar-refractivity contribution >= 4 is 63.9 Å². The smallest absolute Gasteiger partial charge is 0.338 e. The van der Waals surface area contributed by atoms with E-state index >= 15 is 0 Å². The van der Waals surface area contributed by atoms with Gasteiger partial charge in [0.05, 0.1) is 6.67 Å². The van der Waals surface area contributed by atoms with Crippen molar-refractivity contribution in [2.45, 2.75) is 38.2 Å². The highest BCUT2D eigenvalue weighted by atomic mass is 35.5. The number of hydrogen-bond donors (Lipinski definition) is 1. The van der Waals surface area contributed by atoms with Crippen LogP contribution >= 0.6 is 35.6 Å². The number of likely N-dealkylation sites (tertiary alicyclic amines) is 1. The zero-order valence-corrected chi connectivity index (χ0v) is 25.9. The summed E-state index contributed by atoms with van der Waals surface area (Å²) >= 11 is 11.3. The predicted molar refractivity (Wildman–Crippen MR) is 170 cm³/mol. The molecule has 42 heavy (non-hydrogen) atoms. The molecule has 3 aliphatic rings. The number of nitrogens with one attached hydrogen (secondary N) is 1. The summed E-state index contributed by atoms with van der Waals surface area (Å²) in [4.78, 5) is 2.26. The van der Waals surface area contributed by atoms with E-state index in [1.54, 1.807) is 6.07 Å². The van der Waals surface area contributed by atoms with Gasteiger partial charge in [-0.1, -0.05) is 53.5 Å². The molecule has 222 valence electrons. The molecule has 2 heterocycles.